The lowest BCUT2D eigenvalue weighted by molar-refractivity contribution is 1.02. The Bertz CT molecular complexity index is 355. The molecule has 1 aromatic rings. The summed E-state index contributed by atoms with van der Waals surface area (Å²) >= 11 is 0. The van der Waals surface area contributed by atoms with Crippen molar-refractivity contribution >= 4 is 13.2 Å². The van der Waals surface area contributed by atoms with Crippen molar-refractivity contribution < 1.29 is 0 Å². The molecule has 0 saturated carbocycles. The van der Waals surface area contributed by atoms with Crippen molar-refractivity contribution in [2.24, 2.45) is 0 Å². The van der Waals surface area contributed by atoms with Gasteiger partial charge in [-0.1, -0.05) is 53.8 Å². The Morgan fingerprint density at radius 3 is 2.07 bits per heavy atom. The molecule has 1 nitrogen and oxygen atoms in total. The molecule has 0 aliphatic carbocycles. The van der Waals surface area contributed by atoms with E-state index in [4.69, 9.17) is 5.26 Å². The zero-order valence-electron chi connectivity index (χ0n) is 9.86. The van der Waals surface area contributed by atoms with E-state index in [9.17, 15) is 0 Å². The highest BCUT2D eigenvalue weighted by molar-refractivity contribution is 7.67. The van der Waals surface area contributed by atoms with Crippen LogP contribution in [0.5, 0.6) is 0 Å². The Morgan fingerprint density at radius 2 is 1.60 bits per heavy atom. The van der Waals surface area contributed by atoms with Gasteiger partial charge in [-0.25, -0.2) is 0 Å². The minimum atomic E-state index is -0.223. The monoisotopic (exact) mass is 219 g/mol. The van der Waals surface area contributed by atoms with E-state index < -0.39 is 0 Å². The lowest BCUT2D eigenvalue weighted by atomic mass is 10.2. The molecule has 0 bridgehead atoms. The van der Waals surface area contributed by atoms with Crippen LogP contribution in [0.3, 0.4) is 0 Å². The smallest absolute Gasteiger partial charge is 0.0998 e. The molecule has 0 fully saturated rings. The van der Waals surface area contributed by atoms with Gasteiger partial charge in [0.2, 0.25) is 0 Å². The molecule has 0 amide bonds. The van der Waals surface area contributed by atoms with E-state index in [0.717, 1.165) is 5.56 Å². The van der Waals surface area contributed by atoms with E-state index in [2.05, 4.69) is 39.8 Å². The maximum absolute atomic E-state index is 9.09. The summed E-state index contributed by atoms with van der Waals surface area (Å²) in [6, 6.07) is 10.3. The van der Waals surface area contributed by atoms with Crippen molar-refractivity contribution in [3.8, 4) is 6.07 Å². The molecule has 0 aliphatic heterocycles. The minimum absolute atomic E-state index is 0.223. The summed E-state index contributed by atoms with van der Waals surface area (Å²) in [4.78, 5) is 0. The van der Waals surface area contributed by atoms with Crippen LogP contribution in [0, 0.1) is 11.3 Å². The molecule has 0 spiro atoms. The first-order chi connectivity index (χ1) is 7.07. The van der Waals surface area contributed by atoms with Crippen LogP contribution in [0.2, 0.25) is 0 Å². The number of benzene rings is 1. The second-order valence-corrected chi connectivity index (χ2v) is 7.59. The molecular weight excluding hydrogens is 201 g/mol. The van der Waals surface area contributed by atoms with Crippen LogP contribution < -0.4 is 5.30 Å². The topological polar surface area (TPSA) is 23.8 Å². The van der Waals surface area contributed by atoms with Gasteiger partial charge in [-0.05, 0) is 22.7 Å². The molecular formula is C13H18NP. The maximum Gasteiger partial charge on any atom is 0.0998 e. The molecule has 0 aromatic heterocycles. The molecule has 0 atom stereocenters. The summed E-state index contributed by atoms with van der Waals surface area (Å²) in [5.74, 6) is 0. The molecule has 0 unspecified atom stereocenters. The third kappa shape index (κ3) is 2.80. The van der Waals surface area contributed by atoms with Crippen molar-refractivity contribution in [3.05, 3.63) is 29.8 Å². The van der Waals surface area contributed by atoms with Crippen LogP contribution in [0.25, 0.3) is 0 Å². The molecule has 80 valence electrons. The van der Waals surface area contributed by atoms with Crippen molar-refractivity contribution in [1.29, 1.82) is 5.26 Å². The van der Waals surface area contributed by atoms with E-state index in [-0.39, 0.29) is 7.92 Å². The number of rotatable bonds is 3. The average molecular weight is 219 g/mol. The van der Waals surface area contributed by atoms with Gasteiger partial charge in [0.05, 0.1) is 11.6 Å². The quantitative estimate of drug-likeness (QED) is 0.714. The van der Waals surface area contributed by atoms with Crippen LogP contribution >= 0.6 is 7.92 Å². The standard InChI is InChI=1S/C13H18NP/c1-10(2)15(11(3)4)13-8-6-5-7-12(13)9-14/h5-8,10-11H,1-4H3. The van der Waals surface area contributed by atoms with Gasteiger partial charge in [0, 0.05) is 0 Å². The zero-order chi connectivity index (χ0) is 11.4. The van der Waals surface area contributed by atoms with Gasteiger partial charge in [-0.3, -0.25) is 0 Å². The van der Waals surface area contributed by atoms with Crippen LogP contribution in [0.1, 0.15) is 33.3 Å². The summed E-state index contributed by atoms with van der Waals surface area (Å²) in [6.45, 7) is 9.00. The molecule has 0 radical (unpaired) electrons. The van der Waals surface area contributed by atoms with E-state index >= 15 is 0 Å². The predicted molar refractivity (Wildman–Crippen MR) is 68.0 cm³/mol. The van der Waals surface area contributed by atoms with E-state index in [1.54, 1.807) is 0 Å². The lowest BCUT2D eigenvalue weighted by Crippen LogP contribution is -2.17. The third-order valence-electron chi connectivity index (χ3n) is 2.42. The van der Waals surface area contributed by atoms with Gasteiger partial charge >= 0.3 is 0 Å². The van der Waals surface area contributed by atoms with E-state index in [1.165, 1.54) is 5.30 Å². The Kier molecular flexibility index (Phi) is 4.30. The number of nitriles is 1. The fourth-order valence-electron chi connectivity index (χ4n) is 1.95. The Hall–Kier alpha value is -0.860. The number of hydrogen-bond acceptors (Lipinski definition) is 1. The maximum atomic E-state index is 9.09. The number of nitrogens with zero attached hydrogens (tertiary/aromatic N) is 1. The summed E-state index contributed by atoms with van der Waals surface area (Å²) in [5, 5.41) is 10.4. The Labute approximate surface area is 93.9 Å². The van der Waals surface area contributed by atoms with Crippen LogP contribution in [-0.4, -0.2) is 11.3 Å². The van der Waals surface area contributed by atoms with Gasteiger partial charge in [0.15, 0.2) is 0 Å². The van der Waals surface area contributed by atoms with Crippen LogP contribution in [-0.2, 0) is 0 Å². The van der Waals surface area contributed by atoms with Crippen LogP contribution in [0.15, 0.2) is 24.3 Å². The Morgan fingerprint density at radius 1 is 1.07 bits per heavy atom. The fourth-order valence-corrected chi connectivity index (χ4v) is 4.91. The highest BCUT2D eigenvalue weighted by Gasteiger charge is 2.21. The molecule has 1 aromatic carbocycles. The minimum Gasteiger partial charge on any atom is -0.192 e. The third-order valence-corrected chi connectivity index (χ3v) is 5.59. The summed E-state index contributed by atoms with van der Waals surface area (Å²) < 4.78 is 0. The first-order valence-corrected chi connectivity index (χ1v) is 6.83. The summed E-state index contributed by atoms with van der Waals surface area (Å²) in [6.07, 6.45) is 0. The normalized spacial score (nSPS) is 11.1. The second kappa shape index (κ2) is 5.29. The zero-order valence-corrected chi connectivity index (χ0v) is 10.8. The molecule has 0 heterocycles. The van der Waals surface area contributed by atoms with Crippen molar-refractivity contribution in [2.75, 3.05) is 0 Å². The molecule has 15 heavy (non-hydrogen) atoms. The molecule has 0 aliphatic rings. The summed E-state index contributed by atoms with van der Waals surface area (Å²) in [7, 11) is -0.223. The highest BCUT2D eigenvalue weighted by atomic mass is 31.1. The second-order valence-electron chi connectivity index (χ2n) is 4.22. The SMILES string of the molecule is CC(C)P(c1ccccc1C#N)C(C)C. The van der Waals surface area contributed by atoms with E-state index in [1.807, 2.05) is 18.2 Å². The first kappa shape index (κ1) is 12.2. The molecule has 0 saturated heterocycles. The fraction of sp³-hybridized carbons (Fsp3) is 0.462. The van der Waals surface area contributed by atoms with Gasteiger partial charge in [-0.15, -0.1) is 0 Å². The van der Waals surface area contributed by atoms with Crippen molar-refractivity contribution in [1.82, 2.24) is 0 Å². The number of hydrogen-bond donors (Lipinski definition) is 0. The highest BCUT2D eigenvalue weighted by Crippen LogP contribution is 2.45. The van der Waals surface area contributed by atoms with Crippen LogP contribution in [0.4, 0.5) is 0 Å². The van der Waals surface area contributed by atoms with Gasteiger partial charge in [-0.2, -0.15) is 5.26 Å². The molecule has 1 rings (SSSR count). The van der Waals surface area contributed by atoms with Gasteiger partial charge in [0.25, 0.3) is 0 Å². The van der Waals surface area contributed by atoms with Crippen molar-refractivity contribution in [2.45, 2.75) is 39.0 Å². The molecule has 0 N–H and O–H groups in total. The van der Waals surface area contributed by atoms with Crippen molar-refractivity contribution in [3.63, 3.8) is 0 Å². The predicted octanol–water partition coefficient (Wildman–Crippen LogP) is 3.48. The van der Waals surface area contributed by atoms with Gasteiger partial charge in [0.1, 0.15) is 0 Å². The largest absolute Gasteiger partial charge is 0.192 e. The first-order valence-electron chi connectivity index (χ1n) is 5.35. The van der Waals surface area contributed by atoms with Gasteiger partial charge < -0.3 is 0 Å². The lowest BCUT2D eigenvalue weighted by Gasteiger charge is -2.26. The summed E-state index contributed by atoms with van der Waals surface area (Å²) in [5.41, 5.74) is 2.12. The molecule has 2 heteroatoms. The van der Waals surface area contributed by atoms with E-state index in [0.29, 0.717) is 11.3 Å². The Balaban J connectivity index is 3.18. The average Bonchev–Trinajstić information content (AvgIpc) is 2.17.